The Kier molecular flexibility index (Phi) is 5.24. The third kappa shape index (κ3) is 3.97. The van der Waals surface area contributed by atoms with Crippen LogP contribution in [0.5, 0.6) is 0 Å². The van der Waals surface area contributed by atoms with Crippen LogP contribution in [0.4, 0.5) is 13.2 Å². The summed E-state index contributed by atoms with van der Waals surface area (Å²) in [5, 5.41) is 0. The molecule has 2 atom stereocenters. The van der Waals surface area contributed by atoms with Gasteiger partial charge in [-0.3, -0.25) is 9.69 Å². The van der Waals surface area contributed by atoms with E-state index in [1.807, 2.05) is 4.90 Å². The molecule has 10 heteroatoms. The fourth-order valence-electron chi connectivity index (χ4n) is 2.98. The number of methoxy groups -OCH3 is 1. The molecule has 0 radical (unpaired) electrons. The van der Waals surface area contributed by atoms with E-state index in [4.69, 9.17) is 4.74 Å². The quantitative estimate of drug-likeness (QED) is 0.435. The average Bonchev–Trinajstić information content (AvgIpc) is 2.95. The van der Waals surface area contributed by atoms with E-state index in [0.717, 1.165) is 6.42 Å². The summed E-state index contributed by atoms with van der Waals surface area (Å²) < 4.78 is 67.7. The first-order valence-corrected chi connectivity index (χ1v) is 8.60. The predicted octanol–water partition coefficient (Wildman–Crippen LogP) is 1.93. The van der Waals surface area contributed by atoms with Crippen molar-refractivity contribution in [3.05, 3.63) is 11.8 Å². The fraction of sp³-hybridized carbons (Fsp3) is 0.769. The van der Waals surface area contributed by atoms with Crippen molar-refractivity contribution in [2.75, 3.05) is 13.7 Å². The highest BCUT2D eigenvalue weighted by Gasteiger charge is 2.49. The van der Waals surface area contributed by atoms with Gasteiger partial charge in [0.15, 0.2) is 0 Å². The summed E-state index contributed by atoms with van der Waals surface area (Å²) in [7, 11) is -4.30. The minimum atomic E-state index is -5.62. The van der Waals surface area contributed by atoms with Gasteiger partial charge in [-0.25, -0.2) is 0 Å². The lowest BCUT2D eigenvalue weighted by Crippen LogP contribution is -2.44. The molecule has 1 aliphatic carbocycles. The van der Waals surface area contributed by atoms with E-state index in [2.05, 4.69) is 4.18 Å². The number of hydrogen-bond acceptors (Lipinski definition) is 6. The van der Waals surface area contributed by atoms with Crippen LogP contribution in [0.1, 0.15) is 32.1 Å². The summed E-state index contributed by atoms with van der Waals surface area (Å²) in [4.78, 5) is 13.7. The largest absolute Gasteiger partial charge is 0.534 e. The topological polar surface area (TPSA) is 72.9 Å². The van der Waals surface area contributed by atoms with Gasteiger partial charge in [0.2, 0.25) is 0 Å². The van der Waals surface area contributed by atoms with E-state index in [0.29, 0.717) is 25.8 Å². The molecule has 1 saturated heterocycles. The molecular weight excluding hydrogens is 339 g/mol. The van der Waals surface area contributed by atoms with Gasteiger partial charge in [0.05, 0.1) is 7.11 Å². The molecule has 0 aromatic heterocycles. The van der Waals surface area contributed by atoms with Crippen molar-refractivity contribution >= 4 is 16.1 Å². The maximum absolute atomic E-state index is 12.3. The average molecular weight is 357 g/mol. The minimum absolute atomic E-state index is 0.0393. The fourth-order valence-corrected chi connectivity index (χ4v) is 3.50. The van der Waals surface area contributed by atoms with Gasteiger partial charge in [-0.1, -0.05) is 0 Å². The Morgan fingerprint density at radius 1 is 1.35 bits per heavy atom. The van der Waals surface area contributed by atoms with Gasteiger partial charge in [-0.15, -0.1) is 0 Å². The molecular formula is C13H18F3NO5S. The Balaban J connectivity index is 2.00. The first-order valence-electron chi connectivity index (χ1n) is 7.19. The highest BCUT2D eigenvalue weighted by molar-refractivity contribution is 7.87. The Labute approximate surface area is 132 Å². The van der Waals surface area contributed by atoms with Crippen LogP contribution in [-0.4, -0.2) is 50.5 Å². The first kappa shape index (κ1) is 18.1. The van der Waals surface area contributed by atoms with E-state index in [1.54, 1.807) is 0 Å². The number of likely N-dealkylation sites (tertiary alicyclic amines) is 1. The molecule has 0 aromatic rings. The normalized spacial score (nSPS) is 26.7. The van der Waals surface area contributed by atoms with Crippen LogP contribution in [0.2, 0.25) is 0 Å². The van der Waals surface area contributed by atoms with Gasteiger partial charge in [-0.2, -0.15) is 21.6 Å². The standard InChI is InChI=1S/C13H18F3NO5S/c1-21-12(18)11-3-2-8-17(11)9-4-6-10(7-5-9)22-23(19,20)13(14,15)16/h6,9,11H,2-5,7-8H2,1H3. The molecule has 0 spiro atoms. The monoisotopic (exact) mass is 357 g/mol. The molecule has 1 fully saturated rings. The summed E-state index contributed by atoms with van der Waals surface area (Å²) in [6.07, 6.45) is 3.70. The van der Waals surface area contributed by atoms with E-state index in [1.165, 1.54) is 13.2 Å². The summed E-state index contributed by atoms with van der Waals surface area (Å²) in [6, 6.07) is -0.387. The second-order valence-electron chi connectivity index (χ2n) is 5.50. The van der Waals surface area contributed by atoms with Crippen molar-refractivity contribution in [2.24, 2.45) is 0 Å². The first-order chi connectivity index (χ1) is 10.7. The zero-order valence-electron chi connectivity index (χ0n) is 12.5. The van der Waals surface area contributed by atoms with Crippen LogP contribution in [-0.2, 0) is 23.8 Å². The number of carbonyl (C=O) groups is 1. The van der Waals surface area contributed by atoms with Crippen LogP contribution in [0, 0.1) is 0 Å². The third-order valence-corrected chi connectivity index (χ3v) is 5.08. The van der Waals surface area contributed by atoms with Gasteiger partial charge in [0, 0.05) is 12.5 Å². The number of rotatable bonds is 4. The second-order valence-corrected chi connectivity index (χ2v) is 7.04. The van der Waals surface area contributed by atoms with Crippen LogP contribution < -0.4 is 0 Å². The Morgan fingerprint density at radius 3 is 2.57 bits per heavy atom. The van der Waals surface area contributed by atoms with Crippen LogP contribution >= 0.6 is 0 Å². The van der Waals surface area contributed by atoms with Crippen LogP contribution in [0.15, 0.2) is 11.8 Å². The predicted molar refractivity (Wildman–Crippen MR) is 73.5 cm³/mol. The number of allylic oxidation sites excluding steroid dienone is 1. The molecule has 1 heterocycles. The minimum Gasteiger partial charge on any atom is -0.468 e. The van der Waals surface area contributed by atoms with Crippen molar-refractivity contribution < 1.29 is 35.3 Å². The van der Waals surface area contributed by atoms with E-state index >= 15 is 0 Å². The van der Waals surface area contributed by atoms with Gasteiger partial charge in [-0.05, 0) is 38.3 Å². The lowest BCUT2D eigenvalue weighted by molar-refractivity contribution is -0.146. The molecule has 2 rings (SSSR count). The lowest BCUT2D eigenvalue weighted by atomic mass is 9.98. The van der Waals surface area contributed by atoms with E-state index in [-0.39, 0.29) is 30.2 Å². The highest BCUT2D eigenvalue weighted by atomic mass is 32.2. The van der Waals surface area contributed by atoms with E-state index < -0.39 is 15.6 Å². The number of alkyl halides is 3. The summed E-state index contributed by atoms with van der Waals surface area (Å²) in [6.45, 7) is 0.704. The molecule has 1 aliphatic heterocycles. The molecule has 6 nitrogen and oxygen atoms in total. The van der Waals surface area contributed by atoms with Crippen LogP contribution in [0.3, 0.4) is 0 Å². The van der Waals surface area contributed by atoms with Gasteiger partial charge >= 0.3 is 21.6 Å². The molecule has 2 unspecified atom stereocenters. The van der Waals surface area contributed by atoms with Gasteiger partial charge in [0.25, 0.3) is 0 Å². The number of carbonyl (C=O) groups excluding carboxylic acids is 1. The summed E-state index contributed by atoms with van der Waals surface area (Å²) >= 11 is 0. The smallest absolute Gasteiger partial charge is 0.468 e. The third-order valence-electron chi connectivity index (χ3n) is 4.08. The summed E-state index contributed by atoms with van der Waals surface area (Å²) in [5.41, 5.74) is -5.43. The Bertz CT molecular complexity index is 587. The summed E-state index contributed by atoms with van der Waals surface area (Å²) in [5.74, 6) is -0.527. The van der Waals surface area contributed by atoms with Crippen molar-refractivity contribution in [3.8, 4) is 0 Å². The zero-order chi connectivity index (χ0) is 17.3. The SMILES string of the molecule is COC(=O)C1CCCN1C1CC=C(OS(=O)(=O)C(F)(F)F)CC1. The number of nitrogens with zero attached hydrogens (tertiary/aromatic N) is 1. The molecule has 0 amide bonds. The van der Waals surface area contributed by atoms with Gasteiger partial charge in [0.1, 0.15) is 11.8 Å². The zero-order valence-corrected chi connectivity index (χ0v) is 13.3. The number of ether oxygens (including phenoxy) is 1. The maximum Gasteiger partial charge on any atom is 0.534 e. The highest BCUT2D eigenvalue weighted by Crippen LogP contribution is 2.33. The molecule has 23 heavy (non-hydrogen) atoms. The molecule has 132 valence electrons. The van der Waals surface area contributed by atoms with Crippen LogP contribution in [0.25, 0.3) is 0 Å². The molecule has 0 bridgehead atoms. The lowest BCUT2D eigenvalue weighted by Gasteiger charge is -2.33. The number of hydrogen-bond donors (Lipinski definition) is 0. The van der Waals surface area contributed by atoms with Crippen molar-refractivity contribution in [3.63, 3.8) is 0 Å². The number of halogens is 3. The molecule has 0 N–H and O–H groups in total. The van der Waals surface area contributed by atoms with Crippen molar-refractivity contribution in [1.82, 2.24) is 4.90 Å². The second kappa shape index (κ2) is 6.68. The van der Waals surface area contributed by atoms with Crippen molar-refractivity contribution in [2.45, 2.75) is 49.7 Å². The Morgan fingerprint density at radius 2 is 2.04 bits per heavy atom. The molecule has 0 aromatic carbocycles. The molecule has 0 saturated carbocycles. The van der Waals surface area contributed by atoms with Crippen molar-refractivity contribution in [1.29, 1.82) is 0 Å². The molecule has 2 aliphatic rings. The van der Waals surface area contributed by atoms with E-state index in [9.17, 15) is 26.4 Å². The number of esters is 1. The maximum atomic E-state index is 12.3. The van der Waals surface area contributed by atoms with Gasteiger partial charge < -0.3 is 8.92 Å². The Hall–Kier alpha value is -1.29.